The van der Waals surface area contributed by atoms with Gasteiger partial charge in [0.05, 0.1) is 72.6 Å². The van der Waals surface area contributed by atoms with Gasteiger partial charge in [-0.05, 0) is 79.1 Å². The molecule has 0 aromatic rings. The maximum Gasteiger partial charge on any atom is 0.176 e. The second kappa shape index (κ2) is 18.6. The van der Waals surface area contributed by atoms with Gasteiger partial charge in [0.15, 0.2) is 30.9 Å². The van der Waals surface area contributed by atoms with Gasteiger partial charge in [-0.1, -0.05) is 18.6 Å². The van der Waals surface area contributed by atoms with Gasteiger partial charge in [0.2, 0.25) is 0 Å². The maximum absolute atomic E-state index is 13.4. The van der Waals surface area contributed by atoms with Crippen molar-refractivity contribution in [2.75, 3.05) is 21.3 Å². The van der Waals surface area contributed by atoms with Crippen LogP contribution in [0.25, 0.3) is 0 Å². The van der Waals surface area contributed by atoms with Crippen LogP contribution in [-0.4, -0.2) is 160 Å². The normalized spacial score (nSPS) is 54.1. The summed E-state index contributed by atoms with van der Waals surface area (Å²) in [5, 5.41) is 21.9. The summed E-state index contributed by atoms with van der Waals surface area (Å²) in [5.41, 5.74) is 0.804. The first-order valence-electron chi connectivity index (χ1n) is 24.3. The van der Waals surface area contributed by atoms with E-state index < -0.39 is 91.3 Å². The smallest absolute Gasteiger partial charge is 0.176 e. The van der Waals surface area contributed by atoms with E-state index in [-0.39, 0.29) is 60.3 Å². The fourth-order valence-electron chi connectivity index (χ4n) is 13.5. The highest BCUT2D eigenvalue weighted by atomic mass is 16.8. The predicted octanol–water partition coefficient (Wildman–Crippen LogP) is 4.86. The molecule has 8 fully saturated rings. The lowest BCUT2D eigenvalue weighted by Gasteiger charge is -2.53. The number of aliphatic hydroxyl groups excluding tert-OH is 2. The minimum atomic E-state index is -0.894. The molecule has 16 heteroatoms. The van der Waals surface area contributed by atoms with Crippen molar-refractivity contribution in [2.24, 2.45) is 22.7 Å². The lowest BCUT2D eigenvalue weighted by atomic mass is 9.56. The van der Waals surface area contributed by atoms with E-state index in [4.69, 9.17) is 61.6 Å². The molecular weight excluding hydrogens is 833 g/mol. The Bertz CT molecular complexity index is 1670. The number of ketones is 1. The fourth-order valence-corrected chi connectivity index (χ4v) is 13.5. The zero-order valence-corrected chi connectivity index (χ0v) is 39.6. The fraction of sp³-hybridized carbons (Fsp3) is 0.938. The molecule has 364 valence electrons. The number of aliphatic hydroxyl groups is 2. The summed E-state index contributed by atoms with van der Waals surface area (Å²) >= 11 is 0. The lowest BCUT2D eigenvalue weighted by molar-refractivity contribution is -0.346. The number of carbonyl (C=O) groups excluding carboxylic acids is 1. The van der Waals surface area contributed by atoms with Crippen molar-refractivity contribution < 1.29 is 76.6 Å². The molecule has 16 nitrogen and oxygen atoms in total. The number of carbonyl (C=O) groups is 1. The third kappa shape index (κ3) is 8.52. The molecule has 2 N–H and O–H groups in total. The van der Waals surface area contributed by atoms with Crippen molar-refractivity contribution in [1.82, 2.24) is 0 Å². The molecule has 9 aliphatic rings. The van der Waals surface area contributed by atoms with E-state index in [2.05, 4.69) is 26.8 Å². The van der Waals surface area contributed by atoms with Gasteiger partial charge in [-0.15, -0.1) is 0 Å². The number of hydrogen-bond donors (Lipinski definition) is 2. The monoisotopic (exact) mass is 909 g/mol. The van der Waals surface area contributed by atoms with Crippen LogP contribution in [0.5, 0.6) is 0 Å². The van der Waals surface area contributed by atoms with E-state index in [0.717, 1.165) is 32.1 Å². The Morgan fingerprint density at radius 1 is 0.641 bits per heavy atom. The molecule has 24 unspecified atom stereocenters. The van der Waals surface area contributed by atoms with Gasteiger partial charge in [0, 0.05) is 71.7 Å². The van der Waals surface area contributed by atoms with Crippen LogP contribution in [-0.2, 0) is 66.4 Å². The zero-order chi connectivity index (χ0) is 45.5. The Morgan fingerprint density at radius 2 is 1.19 bits per heavy atom. The molecule has 3 aliphatic carbocycles. The minimum absolute atomic E-state index is 0.0140. The lowest BCUT2D eigenvalue weighted by Crippen LogP contribution is -2.57. The van der Waals surface area contributed by atoms with Crippen molar-refractivity contribution in [2.45, 2.75) is 242 Å². The van der Waals surface area contributed by atoms with Crippen LogP contribution in [0.15, 0.2) is 11.6 Å². The SMILES string of the molecule is COC1CC(OC2C(C)OC(OC3C(O)CC(OC4C(C)OC(OC5CCC6(C)C(=CCC78OC(C)C9CCC(=O)C9(C)C(CC76)O8)C5)CC4OC)OC3C)CC2OC)OC(C)C1O. The third-order valence-electron chi connectivity index (χ3n) is 17.3. The first-order valence-corrected chi connectivity index (χ1v) is 24.3. The van der Waals surface area contributed by atoms with Gasteiger partial charge >= 0.3 is 0 Å². The highest BCUT2D eigenvalue weighted by molar-refractivity contribution is 5.88. The molecule has 6 heterocycles. The Morgan fingerprint density at radius 3 is 1.80 bits per heavy atom. The van der Waals surface area contributed by atoms with E-state index in [0.29, 0.717) is 37.9 Å². The summed E-state index contributed by atoms with van der Waals surface area (Å²) in [6.45, 7) is 14.2. The van der Waals surface area contributed by atoms with Crippen molar-refractivity contribution in [3.8, 4) is 0 Å². The van der Waals surface area contributed by atoms with E-state index >= 15 is 0 Å². The van der Waals surface area contributed by atoms with Crippen LogP contribution in [0.2, 0.25) is 0 Å². The molecular formula is C48H76O16. The average Bonchev–Trinajstić information content (AvgIpc) is 3.77. The third-order valence-corrected chi connectivity index (χ3v) is 17.3. The molecule has 64 heavy (non-hydrogen) atoms. The Kier molecular flexibility index (Phi) is 13.9. The van der Waals surface area contributed by atoms with Crippen molar-refractivity contribution in [3.05, 3.63) is 11.6 Å². The Labute approximate surface area is 378 Å². The second-order valence-electron chi connectivity index (χ2n) is 20.9. The van der Waals surface area contributed by atoms with Gasteiger partial charge in [-0.2, -0.15) is 0 Å². The summed E-state index contributed by atoms with van der Waals surface area (Å²) in [6.07, 6.45) is 0.683. The summed E-state index contributed by atoms with van der Waals surface area (Å²) in [7, 11) is 4.87. The standard InChI is InChI=1S/C48H76O16/c1-23-30-11-12-36(50)47(30,7)37-22-35-46(6)15-14-29(17-28(46)13-16-48(35,63-23)64-37)59-39-20-33(53-9)44(26(4)57-39)61-38-18-31(49)43(25(3)56-38)60-41-21-34(54-10)45(27(5)58-41)62-40-19-32(52-8)42(51)24(2)55-40/h13,23-27,29-35,37-45,49,51H,11-12,14-22H2,1-10H3. The van der Waals surface area contributed by atoms with Gasteiger partial charge in [-0.3, -0.25) is 4.79 Å². The summed E-state index contributed by atoms with van der Waals surface area (Å²) in [6, 6.07) is 0. The number of fused-ring (bicyclic) bond motifs is 5. The topological polar surface area (TPSA) is 178 Å². The molecule has 0 radical (unpaired) electrons. The number of rotatable bonds is 11. The molecule has 0 aromatic carbocycles. The van der Waals surface area contributed by atoms with E-state index in [1.165, 1.54) is 5.57 Å². The Hall–Kier alpha value is -1.19. The number of hydrogen-bond acceptors (Lipinski definition) is 16. The summed E-state index contributed by atoms with van der Waals surface area (Å²) in [5.74, 6) is 0.0335. The van der Waals surface area contributed by atoms with E-state index in [1.807, 2.05) is 20.8 Å². The molecule has 24 atom stereocenters. The largest absolute Gasteiger partial charge is 0.390 e. The van der Waals surface area contributed by atoms with Crippen LogP contribution in [0.1, 0.15) is 119 Å². The van der Waals surface area contributed by atoms with Crippen LogP contribution in [0, 0.1) is 22.7 Å². The van der Waals surface area contributed by atoms with E-state index in [9.17, 15) is 15.0 Å². The maximum atomic E-state index is 13.4. The molecule has 0 aromatic heterocycles. The molecule has 2 bridgehead atoms. The molecule has 6 aliphatic heterocycles. The average molecular weight is 909 g/mol. The summed E-state index contributed by atoms with van der Waals surface area (Å²) in [4.78, 5) is 13.4. The van der Waals surface area contributed by atoms with Gasteiger partial charge in [0.1, 0.15) is 30.2 Å². The van der Waals surface area contributed by atoms with Crippen LogP contribution in [0.4, 0.5) is 0 Å². The van der Waals surface area contributed by atoms with Crippen molar-refractivity contribution in [1.29, 1.82) is 0 Å². The van der Waals surface area contributed by atoms with Gasteiger partial charge in [-0.25, -0.2) is 0 Å². The first kappa shape index (κ1) is 47.9. The molecule has 1 spiro atoms. The molecule has 9 rings (SSSR count). The quantitative estimate of drug-likeness (QED) is 0.269. The molecule has 2 saturated carbocycles. The molecule has 6 saturated heterocycles. The van der Waals surface area contributed by atoms with Gasteiger partial charge < -0.3 is 71.8 Å². The van der Waals surface area contributed by atoms with Crippen molar-refractivity contribution >= 4 is 5.78 Å². The van der Waals surface area contributed by atoms with Crippen LogP contribution >= 0.6 is 0 Å². The number of methoxy groups -OCH3 is 3. The Balaban J connectivity index is 0.759. The predicted molar refractivity (Wildman–Crippen MR) is 226 cm³/mol. The first-order chi connectivity index (χ1) is 30.5. The minimum Gasteiger partial charge on any atom is -0.390 e. The summed E-state index contributed by atoms with van der Waals surface area (Å²) < 4.78 is 82.3. The number of ether oxygens (including phenoxy) is 13. The zero-order valence-electron chi connectivity index (χ0n) is 39.6. The van der Waals surface area contributed by atoms with Gasteiger partial charge in [0.25, 0.3) is 0 Å². The molecule has 0 amide bonds. The highest BCUT2D eigenvalue weighted by Crippen LogP contribution is 2.66. The highest BCUT2D eigenvalue weighted by Gasteiger charge is 2.69. The second-order valence-corrected chi connectivity index (χ2v) is 20.9. The van der Waals surface area contributed by atoms with Crippen molar-refractivity contribution in [3.63, 3.8) is 0 Å². The number of Topliss-reactive ketones (excluding diaryl/α,β-unsaturated/α-hetero) is 1. The van der Waals surface area contributed by atoms with Crippen LogP contribution in [0.3, 0.4) is 0 Å². The van der Waals surface area contributed by atoms with E-state index in [1.54, 1.807) is 28.3 Å². The van der Waals surface area contributed by atoms with Crippen LogP contribution < -0.4 is 0 Å².